The third-order valence-electron chi connectivity index (χ3n) is 3.95. The van der Waals surface area contributed by atoms with Crippen LogP contribution >= 0.6 is 15.9 Å². The van der Waals surface area contributed by atoms with Gasteiger partial charge in [0.15, 0.2) is 5.96 Å². The zero-order chi connectivity index (χ0) is 14.5. The summed E-state index contributed by atoms with van der Waals surface area (Å²) in [7, 11) is 3.77. The Morgan fingerprint density at radius 3 is 2.30 bits per heavy atom. The molecule has 1 unspecified atom stereocenters. The molecule has 0 spiro atoms. The van der Waals surface area contributed by atoms with E-state index in [1.165, 1.54) is 5.56 Å². The Labute approximate surface area is 130 Å². The molecule has 0 radical (unpaired) electrons. The lowest BCUT2D eigenvalue weighted by Gasteiger charge is -2.39. The highest BCUT2D eigenvalue weighted by molar-refractivity contribution is 9.10. The zero-order valence-electron chi connectivity index (χ0n) is 12.4. The molecule has 0 aliphatic carbocycles. The van der Waals surface area contributed by atoms with E-state index < -0.39 is 0 Å². The van der Waals surface area contributed by atoms with Crippen molar-refractivity contribution in [1.82, 2.24) is 15.1 Å². The fourth-order valence-corrected chi connectivity index (χ4v) is 2.95. The summed E-state index contributed by atoms with van der Waals surface area (Å²) in [4.78, 5) is 9.12. The van der Waals surface area contributed by atoms with Crippen LogP contribution in [0.2, 0.25) is 0 Å². The van der Waals surface area contributed by atoms with Crippen molar-refractivity contribution in [3.63, 3.8) is 0 Å². The van der Waals surface area contributed by atoms with Crippen molar-refractivity contribution < 1.29 is 0 Å². The first kappa shape index (κ1) is 15.3. The third kappa shape index (κ3) is 3.52. The average Bonchev–Trinajstić information content (AvgIpc) is 2.49. The van der Waals surface area contributed by atoms with Gasteiger partial charge >= 0.3 is 0 Å². The van der Waals surface area contributed by atoms with Crippen LogP contribution in [0, 0.1) is 0 Å². The van der Waals surface area contributed by atoms with Crippen LogP contribution in [0.5, 0.6) is 0 Å². The molecule has 2 rings (SSSR count). The van der Waals surface area contributed by atoms with Gasteiger partial charge in [0.1, 0.15) is 0 Å². The van der Waals surface area contributed by atoms with Gasteiger partial charge in [0, 0.05) is 50.8 Å². The maximum absolute atomic E-state index is 4.28. The zero-order valence-corrected chi connectivity index (χ0v) is 14.0. The smallest absolute Gasteiger partial charge is 0.193 e. The summed E-state index contributed by atoms with van der Waals surface area (Å²) in [5.74, 6) is 0.987. The van der Waals surface area contributed by atoms with E-state index in [1.807, 2.05) is 14.1 Å². The van der Waals surface area contributed by atoms with Gasteiger partial charge in [-0.1, -0.05) is 28.1 Å². The van der Waals surface area contributed by atoms with Gasteiger partial charge in [-0.25, -0.2) is 0 Å². The number of nitrogens with zero attached hydrogens (tertiary/aromatic N) is 3. The number of guanidine groups is 1. The summed E-state index contributed by atoms with van der Waals surface area (Å²) in [5.41, 5.74) is 1.37. The second-order valence-corrected chi connectivity index (χ2v) is 5.96. The molecule has 4 nitrogen and oxygen atoms in total. The molecule has 1 aromatic carbocycles. The van der Waals surface area contributed by atoms with Crippen LogP contribution in [0.1, 0.15) is 18.5 Å². The maximum atomic E-state index is 4.28. The Balaban J connectivity index is 1.95. The molecule has 20 heavy (non-hydrogen) atoms. The van der Waals surface area contributed by atoms with Crippen molar-refractivity contribution in [2.45, 2.75) is 13.0 Å². The van der Waals surface area contributed by atoms with Gasteiger partial charge in [0.2, 0.25) is 0 Å². The number of rotatable bonds is 2. The summed E-state index contributed by atoms with van der Waals surface area (Å²) in [6.07, 6.45) is 0. The Bertz CT molecular complexity index is 449. The van der Waals surface area contributed by atoms with E-state index in [-0.39, 0.29) is 0 Å². The molecule has 1 N–H and O–H groups in total. The second kappa shape index (κ2) is 7.09. The minimum Gasteiger partial charge on any atom is -0.359 e. The van der Waals surface area contributed by atoms with E-state index in [9.17, 15) is 0 Å². The molecule has 0 amide bonds. The highest BCUT2D eigenvalue weighted by Crippen LogP contribution is 2.23. The molecule has 1 saturated heterocycles. The van der Waals surface area contributed by atoms with E-state index in [1.54, 1.807) is 0 Å². The predicted molar refractivity (Wildman–Crippen MR) is 88.1 cm³/mol. The summed E-state index contributed by atoms with van der Waals surface area (Å²) < 4.78 is 1.14. The van der Waals surface area contributed by atoms with Crippen molar-refractivity contribution in [2.24, 2.45) is 4.99 Å². The number of hydrogen-bond donors (Lipinski definition) is 1. The van der Waals surface area contributed by atoms with Crippen molar-refractivity contribution in [3.8, 4) is 0 Å². The summed E-state index contributed by atoms with van der Waals surface area (Å²) in [5, 5.41) is 3.16. The summed E-state index contributed by atoms with van der Waals surface area (Å²) in [6, 6.07) is 9.10. The van der Waals surface area contributed by atoms with Crippen LogP contribution in [0.15, 0.2) is 33.7 Å². The van der Waals surface area contributed by atoms with Crippen LogP contribution in [0.3, 0.4) is 0 Å². The maximum Gasteiger partial charge on any atom is 0.193 e. The minimum atomic E-state index is 0.460. The highest BCUT2D eigenvalue weighted by atomic mass is 79.9. The summed E-state index contributed by atoms with van der Waals surface area (Å²) in [6.45, 7) is 6.46. The molecule has 1 atom stereocenters. The van der Waals surface area contributed by atoms with Gasteiger partial charge in [-0.3, -0.25) is 9.89 Å². The number of piperazine rings is 1. The van der Waals surface area contributed by atoms with Crippen molar-refractivity contribution in [3.05, 3.63) is 34.3 Å². The van der Waals surface area contributed by atoms with Crippen LogP contribution in [0.4, 0.5) is 0 Å². The molecule has 1 heterocycles. The number of halogens is 1. The Morgan fingerprint density at radius 2 is 1.80 bits per heavy atom. The molecule has 5 heteroatoms. The molecule has 1 fully saturated rings. The average molecular weight is 339 g/mol. The Morgan fingerprint density at radius 1 is 1.20 bits per heavy atom. The molecule has 0 aromatic heterocycles. The molecular weight excluding hydrogens is 316 g/mol. The van der Waals surface area contributed by atoms with E-state index in [2.05, 4.69) is 67.2 Å². The Hall–Kier alpha value is -1.07. The molecule has 0 bridgehead atoms. The number of nitrogens with one attached hydrogen (secondary N) is 1. The van der Waals surface area contributed by atoms with Crippen LogP contribution in [-0.2, 0) is 0 Å². The van der Waals surface area contributed by atoms with Crippen LogP contribution in [0.25, 0.3) is 0 Å². The summed E-state index contributed by atoms with van der Waals surface area (Å²) >= 11 is 3.49. The molecule has 110 valence electrons. The Kier molecular flexibility index (Phi) is 5.43. The number of benzene rings is 1. The first-order valence-electron chi connectivity index (χ1n) is 7.04. The van der Waals surface area contributed by atoms with Crippen molar-refractivity contribution >= 4 is 21.9 Å². The van der Waals surface area contributed by atoms with Crippen molar-refractivity contribution in [2.75, 3.05) is 40.3 Å². The molecule has 1 aromatic rings. The fraction of sp³-hybridized carbons (Fsp3) is 0.533. The lowest BCUT2D eigenvalue weighted by molar-refractivity contribution is 0.139. The van der Waals surface area contributed by atoms with E-state index >= 15 is 0 Å². The van der Waals surface area contributed by atoms with Crippen LogP contribution < -0.4 is 5.32 Å². The first-order valence-corrected chi connectivity index (χ1v) is 7.84. The van der Waals surface area contributed by atoms with Gasteiger partial charge in [-0.2, -0.15) is 0 Å². The largest absolute Gasteiger partial charge is 0.359 e. The van der Waals surface area contributed by atoms with E-state index in [0.717, 1.165) is 36.6 Å². The second-order valence-electron chi connectivity index (χ2n) is 5.05. The monoisotopic (exact) mass is 338 g/mol. The molecule has 0 saturated carbocycles. The van der Waals surface area contributed by atoms with Crippen LogP contribution in [-0.4, -0.2) is 56.0 Å². The predicted octanol–water partition coefficient (Wildman–Crippen LogP) is 2.33. The highest BCUT2D eigenvalue weighted by Gasteiger charge is 2.23. The number of aliphatic imine (C=N–C) groups is 1. The molecule has 1 aliphatic rings. The lowest BCUT2D eigenvalue weighted by Crippen LogP contribution is -2.52. The lowest BCUT2D eigenvalue weighted by atomic mass is 10.1. The van der Waals surface area contributed by atoms with Gasteiger partial charge in [0.25, 0.3) is 0 Å². The van der Waals surface area contributed by atoms with Crippen molar-refractivity contribution in [1.29, 1.82) is 0 Å². The fourth-order valence-electron chi connectivity index (χ4n) is 2.68. The minimum absolute atomic E-state index is 0.460. The third-order valence-corrected chi connectivity index (χ3v) is 4.48. The van der Waals surface area contributed by atoms with Gasteiger partial charge < -0.3 is 10.2 Å². The van der Waals surface area contributed by atoms with Gasteiger partial charge in [-0.05, 0) is 24.6 Å². The van der Waals surface area contributed by atoms with E-state index in [4.69, 9.17) is 0 Å². The van der Waals surface area contributed by atoms with E-state index in [0.29, 0.717) is 6.04 Å². The topological polar surface area (TPSA) is 30.9 Å². The normalized spacial score (nSPS) is 19.0. The van der Waals surface area contributed by atoms with Gasteiger partial charge in [-0.15, -0.1) is 0 Å². The SMILES string of the molecule is CN=C(NC)N1CCN(C(C)c2ccc(Br)cc2)CC1. The molecule has 1 aliphatic heterocycles. The standard InChI is InChI=1S/C15H23BrN4/c1-12(13-4-6-14(16)7-5-13)19-8-10-20(11-9-19)15(17-2)18-3/h4-7,12H,8-11H2,1-3H3,(H,17,18). The quantitative estimate of drug-likeness (QED) is 0.663. The van der Waals surface area contributed by atoms with Gasteiger partial charge in [0.05, 0.1) is 0 Å². The number of hydrogen-bond acceptors (Lipinski definition) is 2. The first-order chi connectivity index (χ1) is 9.65. The molecular formula is C15H23BrN4.